The molecule has 0 aliphatic carbocycles. The minimum absolute atomic E-state index is 0. The quantitative estimate of drug-likeness (QED) is 0.893. The maximum Gasteiger partial charge on any atom is 0.272 e. The Morgan fingerprint density at radius 1 is 1.38 bits per heavy atom. The van der Waals surface area contributed by atoms with Gasteiger partial charge in [-0.15, -0.1) is 12.4 Å². The highest BCUT2D eigenvalue weighted by atomic mass is 35.5. The van der Waals surface area contributed by atoms with Crippen LogP contribution in [0.5, 0.6) is 5.75 Å². The summed E-state index contributed by atoms with van der Waals surface area (Å²) in [7, 11) is 0. The number of nitrogens with two attached hydrogens (primary N) is 1. The average molecular weight is 252 g/mol. The van der Waals surface area contributed by atoms with Gasteiger partial charge in [0.1, 0.15) is 12.4 Å². The monoisotopic (exact) mass is 251 g/mol. The van der Waals surface area contributed by atoms with Gasteiger partial charge >= 0.3 is 0 Å². The van der Waals surface area contributed by atoms with Crippen molar-refractivity contribution in [3.05, 3.63) is 29.3 Å². The Bertz CT molecular complexity index is 332. The molecule has 2 N–H and O–H groups in total. The molecule has 1 rings (SSSR count). The summed E-state index contributed by atoms with van der Waals surface area (Å²) in [5.41, 5.74) is 7.49. The van der Waals surface area contributed by atoms with E-state index >= 15 is 0 Å². The molecule has 0 fully saturated rings. The molecule has 1 unspecified atom stereocenters. The molecule has 0 heterocycles. The maximum atomic E-state index is 11.9. The molecule has 0 amide bonds. The fourth-order valence-corrected chi connectivity index (χ4v) is 1.27. The van der Waals surface area contributed by atoms with Gasteiger partial charge in [0.05, 0.1) is 0 Å². The Balaban J connectivity index is 0.00000225. The van der Waals surface area contributed by atoms with Gasteiger partial charge in [0.25, 0.3) is 6.43 Å². The van der Waals surface area contributed by atoms with Gasteiger partial charge in [-0.3, -0.25) is 0 Å². The Morgan fingerprint density at radius 2 is 2.00 bits per heavy atom. The third kappa shape index (κ3) is 4.33. The molecule has 0 spiro atoms. The van der Waals surface area contributed by atoms with Gasteiger partial charge in [-0.1, -0.05) is 12.1 Å². The minimum atomic E-state index is -2.45. The summed E-state index contributed by atoms with van der Waals surface area (Å²) in [6.07, 6.45) is -2.45. The van der Waals surface area contributed by atoms with Gasteiger partial charge in [-0.25, -0.2) is 8.78 Å². The van der Waals surface area contributed by atoms with Crippen molar-refractivity contribution >= 4 is 12.4 Å². The van der Waals surface area contributed by atoms with Crippen LogP contribution in [0.25, 0.3) is 0 Å². The first-order valence-corrected chi connectivity index (χ1v) is 4.77. The van der Waals surface area contributed by atoms with Crippen LogP contribution < -0.4 is 10.5 Å². The number of alkyl halides is 2. The molecule has 0 aliphatic rings. The van der Waals surface area contributed by atoms with Crippen molar-refractivity contribution in [1.82, 2.24) is 0 Å². The smallest absolute Gasteiger partial charge is 0.272 e. The Labute approximate surface area is 100 Å². The van der Waals surface area contributed by atoms with Crippen LogP contribution in [0.15, 0.2) is 18.2 Å². The molecule has 92 valence electrons. The van der Waals surface area contributed by atoms with Crippen molar-refractivity contribution in [3.63, 3.8) is 0 Å². The first-order valence-electron chi connectivity index (χ1n) is 4.77. The normalized spacial score (nSPS) is 12.1. The lowest BCUT2D eigenvalue weighted by atomic mass is 10.1. The molecule has 0 radical (unpaired) electrons. The van der Waals surface area contributed by atoms with Crippen LogP contribution in [0.1, 0.15) is 24.1 Å². The van der Waals surface area contributed by atoms with Crippen molar-refractivity contribution < 1.29 is 13.5 Å². The fourth-order valence-electron chi connectivity index (χ4n) is 1.27. The molecule has 0 bridgehead atoms. The molecule has 5 heteroatoms. The molecule has 0 aromatic heterocycles. The van der Waals surface area contributed by atoms with E-state index < -0.39 is 13.0 Å². The van der Waals surface area contributed by atoms with E-state index in [2.05, 4.69) is 0 Å². The molecular formula is C11H16ClF2NO. The molecule has 1 aromatic rings. The molecule has 16 heavy (non-hydrogen) atoms. The Kier molecular flexibility index (Phi) is 6.29. The second kappa shape index (κ2) is 6.66. The molecular weight excluding hydrogens is 236 g/mol. The van der Waals surface area contributed by atoms with Crippen LogP contribution in [-0.4, -0.2) is 13.0 Å². The lowest BCUT2D eigenvalue weighted by Crippen LogP contribution is -2.09. The number of rotatable bonds is 4. The summed E-state index contributed by atoms with van der Waals surface area (Å²) in [4.78, 5) is 0. The van der Waals surface area contributed by atoms with Crippen molar-refractivity contribution in [1.29, 1.82) is 0 Å². The standard InChI is InChI=1S/C11H15F2NO.ClH/c1-7-5-9(8(2)14)3-4-10(7)15-6-11(12)13;/h3-5,8,11H,6,14H2,1-2H3;1H. The van der Waals surface area contributed by atoms with Crippen LogP contribution in [0.2, 0.25) is 0 Å². The molecule has 0 saturated heterocycles. The summed E-state index contributed by atoms with van der Waals surface area (Å²) in [5, 5.41) is 0. The number of halogens is 3. The van der Waals surface area contributed by atoms with E-state index in [0.717, 1.165) is 11.1 Å². The van der Waals surface area contributed by atoms with Gasteiger partial charge in [-0.05, 0) is 31.0 Å². The number of benzene rings is 1. The second-order valence-electron chi connectivity index (χ2n) is 3.52. The zero-order valence-electron chi connectivity index (χ0n) is 9.24. The molecule has 2 nitrogen and oxygen atoms in total. The van der Waals surface area contributed by atoms with E-state index in [4.69, 9.17) is 10.5 Å². The summed E-state index contributed by atoms with van der Waals surface area (Å²) >= 11 is 0. The summed E-state index contributed by atoms with van der Waals surface area (Å²) in [5.74, 6) is 0.486. The van der Waals surface area contributed by atoms with E-state index in [1.807, 2.05) is 19.9 Å². The highest BCUT2D eigenvalue weighted by Crippen LogP contribution is 2.22. The van der Waals surface area contributed by atoms with Crippen LogP contribution in [-0.2, 0) is 0 Å². The van der Waals surface area contributed by atoms with Gasteiger partial charge in [0.2, 0.25) is 0 Å². The molecule has 1 atom stereocenters. The predicted octanol–water partition coefficient (Wildman–Crippen LogP) is 3.08. The van der Waals surface area contributed by atoms with Crippen LogP contribution >= 0.6 is 12.4 Å². The van der Waals surface area contributed by atoms with Crippen LogP contribution in [0, 0.1) is 6.92 Å². The van der Waals surface area contributed by atoms with Crippen molar-refractivity contribution in [3.8, 4) is 5.75 Å². The first kappa shape index (κ1) is 15.1. The lowest BCUT2D eigenvalue weighted by Gasteiger charge is -2.11. The summed E-state index contributed by atoms with van der Waals surface area (Å²) in [6, 6.07) is 5.26. The highest BCUT2D eigenvalue weighted by Gasteiger charge is 2.07. The number of hydrogen-bond acceptors (Lipinski definition) is 2. The van der Waals surface area contributed by atoms with E-state index in [1.54, 1.807) is 12.1 Å². The lowest BCUT2D eigenvalue weighted by molar-refractivity contribution is 0.0815. The van der Waals surface area contributed by atoms with Crippen molar-refractivity contribution in [2.45, 2.75) is 26.3 Å². The largest absolute Gasteiger partial charge is 0.487 e. The van der Waals surface area contributed by atoms with Gasteiger partial charge < -0.3 is 10.5 Å². The first-order chi connectivity index (χ1) is 7.00. The summed E-state index contributed by atoms with van der Waals surface area (Å²) < 4.78 is 28.8. The van der Waals surface area contributed by atoms with E-state index in [-0.39, 0.29) is 18.4 Å². The zero-order chi connectivity index (χ0) is 11.4. The van der Waals surface area contributed by atoms with Gasteiger partial charge in [-0.2, -0.15) is 0 Å². The molecule has 0 saturated carbocycles. The fraction of sp³-hybridized carbons (Fsp3) is 0.455. The summed E-state index contributed by atoms with van der Waals surface area (Å²) in [6.45, 7) is 3.11. The minimum Gasteiger partial charge on any atom is -0.487 e. The predicted molar refractivity (Wildman–Crippen MR) is 62.5 cm³/mol. The van der Waals surface area contributed by atoms with Crippen LogP contribution in [0.4, 0.5) is 8.78 Å². The van der Waals surface area contributed by atoms with E-state index in [0.29, 0.717) is 5.75 Å². The Morgan fingerprint density at radius 3 is 2.44 bits per heavy atom. The Hall–Kier alpha value is -0.870. The number of aryl methyl sites for hydroxylation is 1. The van der Waals surface area contributed by atoms with E-state index in [9.17, 15) is 8.78 Å². The van der Waals surface area contributed by atoms with Crippen molar-refractivity contribution in [2.75, 3.05) is 6.61 Å². The third-order valence-electron chi connectivity index (χ3n) is 2.09. The number of hydrogen-bond donors (Lipinski definition) is 1. The topological polar surface area (TPSA) is 35.2 Å². The molecule has 1 aromatic carbocycles. The van der Waals surface area contributed by atoms with Crippen molar-refractivity contribution in [2.24, 2.45) is 5.73 Å². The van der Waals surface area contributed by atoms with Gasteiger partial charge in [0, 0.05) is 6.04 Å². The second-order valence-corrected chi connectivity index (χ2v) is 3.52. The van der Waals surface area contributed by atoms with Crippen LogP contribution in [0.3, 0.4) is 0 Å². The highest BCUT2D eigenvalue weighted by molar-refractivity contribution is 5.85. The molecule has 0 aliphatic heterocycles. The number of ether oxygens (including phenoxy) is 1. The zero-order valence-corrected chi connectivity index (χ0v) is 10.1. The van der Waals surface area contributed by atoms with Gasteiger partial charge in [0.15, 0.2) is 0 Å². The average Bonchev–Trinajstić information content (AvgIpc) is 2.15. The van der Waals surface area contributed by atoms with E-state index in [1.165, 1.54) is 0 Å². The maximum absolute atomic E-state index is 11.9. The third-order valence-corrected chi connectivity index (χ3v) is 2.09. The SMILES string of the molecule is Cc1cc(C(C)N)ccc1OCC(F)F.Cl.